The first-order valence-electron chi connectivity index (χ1n) is 7.24. The molecule has 2 rings (SSSR count). The van der Waals surface area contributed by atoms with E-state index in [4.69, 9.17) is 0 Å². The Morgan fingerprint density at radius 1 is 0.792 bits per heavy atom. The van der Waals surface area contributed by atoms with Crippen molar-refractivity contribution in [3.8, 4) is 0 Å². The molecule has 1 saturated heterocycles. The van der Waals surface area contributed by atoms with E-state index in [9.17, 15) is 19.8 Å². The summed E-state index contributed by atoms with van der Waals surface area (Å²) < 4.78 is 0. The van der Waals surface area contributed by atoms with E-state index >= 15 is 0 Å². The first kappa shape index (κ1) is 22.9. The van der Waals surface area contributed by atoms with E-state index in [1.165, 1.54) is 0 Å². The van der Waals surface area contributed by atoms with Gasteiger partial charge < -0.3 is 29.6 Å². The number of benzene rings is 1. The van der Waals surface area contributed by atoms with Crippen molar-refractivity contribution in [1.29, 1.82) is 0 Å². The predicted molar refractivity (Wildman–Crippen MR) is 75.7 cm³/mol. The summed E-state index contributed by atoms with van der Waals surface area (Å²) in [5, 5.41) is 22.2. The molecule has 2 amide bonds. The number of carboxylic acid groups (broad SMARTS) is 2. The van der Waals surface area contributed by atoms with Gasteiger partial charge in [0.2, 0.25) is 0 Å². The standard InChI is InChI=1S/C15H21N3O4.2Li/c19-14(20)17-8-6-16(12-13-4-2-1-3-5-13)7-9-18(11-10-17)15(21)22;;/h1-5H,6-12H2,(H,19,20)(H,21,22);;/q;2*+1/p-2. The van der Waals surface area contributed by atoms with Crippen LogP contribution >= 0.6 is 0 Å². The van der Waals surface area contributed by atoms with E-state index in [0.717, 1.165) is 15.4 Å². The van der Waals surface area contributed by atoms with Crippen molar-refractivity contribution in [2.75, 3.05) is 39.3 Å². The van der Waals surface area contributed by atoms with Crippen molar-refractivity contribution in [2.45, 2.75) is 6.54 Å². The molecule has 1 fully saturated rings. The van der Waals surface area contributed by atoms with Crippen LogP contribution in [0, 0.1) is 0 Å². The molecule has 1 aliphatic rings. The fourth-order valence-electron chi connectivity index (χ4n) is 2.47. The van der Waals surface area contributed by atoms with E-state index in [0.29, 0.717) is 32.7 Å². The molecule has 0 aromatic heterocycles. The van der Waals surface area contributed by atoms with Crippen LogP contribution in [0.25, 0.3) is 0 Å². The fourth-order valence-corrected chi connectivity index (χ4v) is 2.47. The van der Waals surface area contributed by atoms with Crippen LogP contribution in [0.5, 0.6) is 0 Å². The van der Waals surface area contributed by atoms with Crippen molar-refractivity contribution < 1.29 is 57.5 Å². The Morgan fingerprint density at radius 3 is 1.62 bits per heavy atom. The molecule has 0 spiro atoms. The average molecular weight is 319 g/mol. The summed E-state index contributed by atoms with van der Waals surface area (Å²) in [5.74, 6) is 0. The van der Waals surface area contributed by atoms with Crippen molar-refractivity contribution in [3.05, 3.63) is 35.9 Å². The van der Waals surface area contributed by atoms with E-state index in [1.807, 2.05) is 35.2 Å². The van der Waals surface area contributed by atoms with Crippen LogP contribution in [0.1, 0.15) is 5.56 Å². The average Bonchev–Trinajstić information content (AvgIpc) is 2.59. The van der Waals surface area contributed by atoms with Gasteiger partial charge in [-0.3, -0.25) is 4.90 Å². The van der Waals surface area contributed by atoms with Crippen molar-refractivity contribution >= 4 is 12.2 Å². The Kier molecular flexibility index (Phi) is 10.9. The van der Waals surface area contributed by atoms with Gasteiger partial charge >= 0.3 is 37.7 Å². The maximum absolute atomic E-state index is 11.1. The summed E-state index contributed by atoms with van der Waals surface area (Å²) in [6.45, 7) is 2.52. The van der Waals surface area contributed by atoms with Crippen LogP contribution < -0.4 is 47.9 Å². The molecule has 1 aromatic rings. The second-order valence-electron chi connectivity index (χ2n) is 5.27. The normalized spacial score (nSPS) is 16.0. The van der Waals surface area contributed by atoms with Crippen molar-refractivity contribution in [2.24, 2.45) is 0 Å². The van der Waals surface area contributed by atoms with Crippen LogP contribution in [0.15, 0.2) is 30.3 Å². The molecule has 1 aliphatic heterocycles. The molecule has 24 heavy (non-hydrogen) atoms. The summed E-state index contributed by atoms with van der Waals surface area (Å²) in [4.78, 5) is 26.5. The molecule has 0 atom stereocenters. The van der Waals surface area contributed by atoms with Crippen LogP contribution in [-0.4, -0.2) is 66.2 Å². The summed E-state index contributed by atoms with van der Waals surface area (Å²) in [7, 11) is 0. The zero-order valence-corrected chi connectivity index (χ0v) is 14.3. The largest absolute Gasteiger partial charge is 1.00 e. The minimum absolute atomic E-state index is 0. The second-order valence-corrected chi connectivity index (χ2v) is 5.27. The monoisotopic (exact) mass is 319 g/mol. The molecule has 0 aliphatic carbocycles. The summed E-state index contributed by atoms with van der Waals surface area (Å²) >= 11 is 0. The van der Waals surface area contributed by atoms with Gasteiger partial charge in [0.05, 0.1) is 0 Å². The van der Waals surface area contributed by atoms with Gasteiger partial charge in [0.25, 0.3) is 0 Å². The van der Waals surface area contributed by atoms with E-state index in [2.05, 4.69) is 0 Å². The molecule has 0 radical (unpaired) electrons. The quantitative estimate of drug-likeness (QED) is 0.505. The summed E-state index contributed by atoms with van der Waals surface area (Å²) in [6, 6.07) is 9.77. The first-order valence-corrected chi connectivity index (χ1v) is 7.24. The zero-order chi connectivity index (χ0) is 15.9. The fraction of sp³-hybridized carbons (Fsp3) is 0.467. The summed E-state index contributed by atoms with van der Waals surface area (Å²) in [5.41, 5.74) is 1.10. The van der Waals surface area contributed by atoms with E-state index in [1.54, 1.807) is 0 Å². The minimum Gasteiger partial charge on any atom is -0.530 e. The van der Waals surface area contributed by atoms with Crippen LogP contribution in [-0.2, 0) is 6.54 Å². The zero-order valence-electron chi connectivity index (χ0n) is 14.3. The van der Waals surface area contributed by atoms with E-state index < -0.39 is 12.2 Å². The SMILES string of the molecule is O=C([O-])N1CCN(Cc2ccccc2)CCN(C(=O)[O-])CC1.[Li+].[Li+]. The van der Waals surface area contributed by atoms with Gasteiger partial charge in [-0.05, 0) is 5.56 Å². The molecule has 1 aromatic carbocycles. The molecule has 0 bridgehead atoms. The molecular weight excluding hydrogens is 300 g/mol. The molecule has 1 heterocycles. The number of carbonyl (C=O) groups is 2. The Morgan fingerprint density at radius 2 is 1.21 bits per heavy atom. The predicted octanol–water partition coefficient (Wildman–Crippen LogP) is -7.20. The van der Waals surface area contributed by atoms with Gasteiger partial charge in [-0.25, -0.2) is 0 Å². The third kappa shape index (κ3) is 7.21. The number of hydrogen-bond acceptors (Lipinski definition) is 5. The number of carbonyl (C=O) groups excluding carboxylic acids is 2. The molecule has 120 valence electrons. The number of nitrogens with zero attached hydrogens (tertiary/aromatic N) is 3. The van der Waals surface area contributed by atoms with Gasteiger partial charge in [-0.1, -0.05) is 30.3 Å². The van der Waals surface area contributed by atoms with Gasteiger partial charge in [0.1, 0.15) is 12.2 Å². The molecular formula is C15H19Li2N3O4. The van der Waals surface area contributed by atoms with Gasteiger partial charge in [-0.15, -0.1) is 0 Å². The topological polar surface area (TPSA) is 90.0 Å². The third-order valence-corrected chi connectivity index (χ3v) is 3.78. The smallest absolute Gasteiger partial charge is 0.530 e. The Balaban J connectivity index is 0.00000264. The molecule has 9 heteroatoms. The third-order valence-electron chi connectivity index (χ3n) is 3.78. The molecule has 0 N–H and O–H groups in total. The number of hydrogen-bond donors (Lipinski definition) is 0. The van der Waals surface area contributed by atoms with Crippen molar-refractivity contribution in [3.63, 3.8) is 0 Å². The molecule has 0 saturated carbocycles. The Hall–Kier alpha value is -1.09. The Labute approximate surface area is 165 Å². The minimum atomic E-state index is -1.28. The first-order chi connectivity index (χ1) is 10.6. The second kappa shape index (κ2) is 11.5. The summed E-state index contributed by atoms with van der Waals surface area (Å²) in [6.07, 6.45) is -2.56. The van der Waals surface area contributed by atoms with Gasteiger partial charge in [0, 0.05) is 45.8 Å². The maximum Gasteiger partial charge on any atom is 1.00 e. The number of amides is 2. The molecule has 0 unspecified atom stereocenters. The number of rotatable bonds is 2. The van der Waals surface area contributed by atoms with Crippen molar-refractivity contribution in [1.82, 2.24) is 14.7 Å². The maximum atomic E-state index is 11.1. The molecule has 7 nitrogen and oxygen atoms in total. The van der Waals surface area contributed by atoms with Gasteiger partial charge in [-0.2, -0.15) is 0 Å². The van der Waals surface area contributed by atoms with Crippen LogP contribution in [0.4, 0.5) is 9.59 Å². The Bertz CT molecular complexity index is 493. The van der Waals surface area contributed by atoms with Crippen LogP contribution in [0.3, 0.4) is 0 Å². The van der Waals surface area contributed by atoms with Crippen LogP contribution in [0.2, 0.25) is 0 Å². The van der Waals surface area contributed by atoms with Gasteiger partial charge in [0.15, 0.2) is 0 Å². The van der Waals surface area contributed by atoms with E-state index in [-0.39, 0.29) is 50.8 Å².